The molecule has 0 aromatic heterocycles. The minimum atomic E-state index is -0.741. The fourth-order valence-electron chi connectivity index (χ4n) is 2.78. The van der Waals surface area contributed by atoms with Crippen molar-refractivity contribution in [2.24, 2.45) is 0 Å². The van der Waals surface area contributed by atoms with Crippen LogP contribution >= 0.6 is 0 Å². The zero-order valence-corrected chi connectivity index (χ0v) is 18.7. The summed E-state index contributed by atoms with van der Waals surface area (Å²) in [6.07, 6.45) is 0. The SMILES string of the molecule is CCNC(=O)COc1cccc(NC(=O)C(C)NC(=O)c2ccc(C(C)(C)C)cc2)c1. The van der Waals surface area contributed by atoms with E-state index in [0.717, 1.165) is 5.56 Å². The molecule has 0 saturated carbocycles. The van der Waals surface area contributed by atoms with Gasteiger partial charge in [-0.25, -0.2) is 0 Å². The highest BCUT2D eigenvalue weighted by molar-refractivity contribution is 6.01. The molecule has 166 valence electrons. The average Bonchev–Trinajstić information content (AvgIpc) is 2.72. The fraction of sp³-hybridized carbons (Fsp3) is 0.375. The summed E-state index contributed by atoms with van der Waals surface area (Å²) in [5.74, 6) is -0.439. The number of carbonyl (C=O) groups is 3. The van der Waals surface area contributed by atoms with Crippen LogP contribution in [0.3, 0.4) is 0 Å². The number of anilines is 1. The van der Waals surface area contributed by atoms with Gasteiger partial charge in [0.05, 0.1) is 0 Å². The molecule has 0 bridgehead atoms. The topological polar surface area (TPSA) is 96.5 Å². The van der Waals surface area contributed by atoms with E-state index in [9.17, 15) is 14.4 Å². The summed E-state index contributed by atoms with van der Waals surface area (Å²) >= 11 is 0. The van der Waals surface area contributed by atoms with Crippen molar-refractivity contribution >= 4 is 23.4 Å². The summed E-state index contributed by atoms with van der Waals surface area (Å²) in [6.45, 7) is 10.2. The summed E-state index contributed by atoms with van der Waals surface area (Å²) in [7, 11) is 0. The number of ether oxygens (including phenoxy) is 1. The third kappa shape index (κ3) is 7.44. The Balaban J connectivity index is 1.92. The Labute approximate surface area is 183 Å². The number of nitrogens with one attached hydrogen (secondary N) is 3. The lowest BCUT2D eigenvalue weighted by molar-refractivity contribution is -0.123. The van der Waals surface area contributed by atoms with Gasteiger partial charge in [0.25, 0.3) is 11.8 Å². The lowest BCUT2D eigenvalue weighted by atomic mass is 9.86. The van der Waals surface area contributed by atoms with E-state index in [1.807, 2.05) is 19.1 Å². The smallest absolute Gasteiger partial charge is 0.257 e. The molecular weight excluding hydrogens is 394 g/mol. The van der Waals surface area contributed by atoms with Crippen LogP contribution in [0.25, 0.3) is 0 Å². The molecule has 2 rings (SSSR count). The van der Waals surface area contributed by atoms with Crippen molar-refractivity contribution in [3.63, 3.8) is 0 Å². The Hall–Kier alpha value is -3.35. The van der Waals surface area contributed by atoms with Gasteiger partial charge in [-0.15, -0.1) is 0 Å². The highest BCUT2D eigenvalue weighted by Crippen LogP contribution is 2.22. The van der Waals surface area contributed by atoms with E-state index >= 15 is 0 Å². The Bertz CT molecular complexity index is 917. The molecule has 7 heteroatoms. The summed E-state index contributed by atoms with van der Waals surface area (Å²) in [6, 6.07) is 13.4. The summed E-state index contributed by atoms with van der Waals surface area (Å²) in [4.78, 5) is 36.5. The monoisotopic (exact) mass is 425 g/mol. The second kappa shape index (κ2) is 10.6. The second-order valence-electron chi connectivity index (χ2n) is 8.28. The molecule has 0 aliphatic carbocycles. The lowest BCUT2D eigenvalue weighted by Crippen LogP contribution is -2.41. The van der Waals surface area contributed by atoms with Crippen molar-refractivity contribution in [3.05, 3.63) is 59.7 Å². The standard InChI is InChI=1S/C24H31N3O4/c1-6-25-21(28)15-31-20-9-7-8-19(14-20)27-22(29)16(2)26-23(30)17-10-12-18(13-11-17)24(3,4)5/h7-14,16H,6,15H2,1-5H3,(H,25,28)(H,26,30)(H,27,29). The van der Waals surface area contributed by atoms with E-state index in [0.29, 0.717) is 23.5 Å². The minimum absolute atomic E-state index is 0.000234. The highest BCUT2D eigenvalue weighted by atomic mass is 16.5. The van der Waals surface area contributed by atoms with Crippen LogP contribution < -0.4 is 20.7 Å². The van der Waals surface area contributed by atoms with E-state index < -0.39 is 6.04 Å². The number of hydrogen-bond acceptors (Lipinski definition) is 4. The molecule has 0 saturated heterocycles. The zero-order chi connectivity index (χ0) is 23.0. The molecule has 2 aromatic carbocycles. The molecule has 3 amide bonds. The number of benzene rings is 2. The van der Waals surface area contributed by atoms with Crippen molar-refractivity contribution in [2.45, 2.75) is 46.1 Å². The number of rotatable bonds is 8. The van der Waals surface area contributed by atoms with Gasteiger partial charge < -0.3 is 20.7 Å². The Kier molecular flexibility index (Phi) is 8.19. The highest BCUT2D eigenvalue weighted by Gasteiger charge is 2.18. The first kappa shape index (κ1) is 23.9. The molecule has 7 nitrogen and oxygen atoms in total. The Morgan fingerprint density at radius 2 is 1.71 bits per heavy atom. The molecule has 31 heavy (non-hydrogen) atoms. The lowest BCUT2D eigenvalue weighted by Gasteiger charge is -2.19. The van der Waals surface area contributed by atoms with Crippen LogP contribution in [-0.4, -0.2) is 36.9 Å². The predicted octanol–water partition coefficient (Wildman–Crippen LogP) is 3.26. The van der Waals surface area contributed by atoms with E-state index in [1.165, 1.54) is 0 Å². The predicted molar refractivity (Wildman–Crippen MR) is 121 cm³/mol. The summed E-state index contributed by atoms with van der Waals surface area (Å²) < 4.78 is 5.43. The van der Waals surface area contributed by atoms with E-state index in [4.69, 9.17) is 4.74 Å². The second-order valence-corrected chi connectivity index (χ2v) is 8.28. The molecule has 0 spiro atoms. The zero-order valence-electron chi connectivity index (χ0n) is 18.7. The van der Waals surface area contributed by atoms with Gasteiger partial charge in [-0.3, -0.25) is 14.4 Å². The number of likely N-dealkylation sites (N-methyl/N-ethyl adjacent to an activating group) is 1. The van der Waals surface area contributed by atoms with Gasteiger partial charge in [0.15, 0.2) is 6.61 Å². The van der Waals surface area contributed by atoms with Gasteiger partial charge in [-0.1, -0.05) is 39.0 Å². The van der Waals surface area contributed by atoms with E-state index in [2.05, 4.69) is 36.7 Å². The average molecular weight is 426 g/mol. The molecule has 2 aromatic rings. The molecule has 3 N–H and O–H groups in total. The van der Waals surface area contributed by atoms with Crippen LogP contribution in [0.15, 0.2) is 48.5 Å². The summed E-state index contributed by atoms with van der Waals surface area (Å²) in [5, 5.41) is 8.10. The van der Waals surface area contributed by atoms with Crippen molar-refractivity contribution < 1.29 is 19.1 Å². The van der Waals surface area contributed by atoms with Crippen molar-refractivity contribution in [1.82, 2.24) is 10.6 Å². The van der Waals surface area contributed by atoms with Crippen LogP contribution in [0.2, 0.25) is 0 Å². The number of amides is 3. The molecule has 0 aliphatic rings. The van der Waals surface area contributed by atoms with Gasteiger partial charge in [-0.05, 0) is 49.1 Å². The first-order valence-corrected chi connectivity index (χ1v) is 10.3. The van der Waals surface area contributed by atoms with Gasteiger partial charge in [0, 0.05) is 23.9 Å². The van der Waals surface area contributed by atoms with Crippen molar-refractivity contribution in [3.8, 4) is 5.75 Å². The quantitative estimate of drug-likeness (QED) is 0.605. The van der Waals surface area contributed by atoms with Crippen LogP contribution in [0.4, 0.5) is 5.69 Å². The van der Waals surface area contributed by atoms with Crippen LogP contribution in [0.5, 0.6) is 5.75 Å². The molecule has 1 unspecified atom stereocenters. The maximum Gasteiger partial charge on any atom is 0.257 e. The molecule has 0 radical (unpaired) electrons. The fourth-order valence-corrected chi connectivity index (χ4v) is 2.78. The number of carbonyl (C=O) groups excluding carboxylic acids is 3. The van der Waals surface area contributed by atoms with E-state index in [-0.39, 0.29) is 29.7 Å². The molecule has 0 aliphatic heterocycles. The number of hydrogen-bond donors (Lipinski definition) is 3. The van der Waals surface area contributed by atoms with Crippen LogP contribution in [0, 0.1) is 0 Å². The van der Waals surface area contributed by atoms with Gasteiger partial charge in [0.2, 0.25) is 5.91 Å². The maximum absolute atomic E-state index is 12.5. The third-order valence-electron chi connectivity index (χ3n) is 4.60. The van der Waals surface area contributed by atoms with Gasteiger partial charge in [-0.2, -0.15) is 0 Å². The molecule has 0 fully saturated rings. The normalized spacial score (nSPS) is 11.9. The molecule has 1 atom stereocenters. The largest absolute Gasteiger partial charge is 0.484 e. The Morgan fingerprint density at radius 1 is 1.03 bits per heavy atom. The van der Waals surface area contributed by atoms with Crippen molar-refractivity contribution in [1.29, 1.82) is 0 Å². The van der Waals surface area contributed by atoms with Crippen LogP contribution in [-0.2, 0) is 15.0 Å². The Morgan fingerprint density at radius 3 is 2.32 bits per heavy atom. The van der Waals surface area contributed by atoms with Gasteiger partial charge >= 0.3 is 0 Å². The first-order chi connectivity index (χ1) is 14.6. The maximum atomic E-state index is 12.5. The van der Waals surface area contributed by atoms with Crippen LogP contribution in [0.1, 0.15) is 50.5 Å². The molecular formula is C24H31N3O4. The summed E-state index contributed by atoms with van der Waals surface area (Å²) in [5.41, 5.74) is 2.13. The first-order valence-electron chi connectivity index (χ1n) is 10.3. The van der Waals surface area contributed by atoms with Gasteiger partial charge in [0.1, 0.15) is 11.8 Å². The molecule has 0 heterocycles. The minimum Gasteiger partial charge on any atom is -0.484 e. The van der Waals surface area contributed by atoms with E-state index in [1.54, 1.807) is 43.3 Å². The van der Waals surface area contributed by atoms with Crippen molar-refractivity contribution in [2.75, 3.05) is 18.5 Å². The third-order valence-corrected chi connectivity index (χ3v) is 4.60.